The zero-order valence-electron chi connectivity index (χ0n) is 15.2. The molecule has 0 unspecified atom stereocenters. The zero-order chi connectivity index (χ0) is 19.6. The molecule has 0 atom stereocenters. The highest BCUT2D eigenvalue weighted by molar-refractivity contribution is 7.92. The maximum absolute atomic E-state index is 12.5. The summed E-state index contributed by atoms with van der Waals surface area (Å²) in [5.41, 5.74) is 2.25. The quantitative estimate of drug-likeness (QED) is 0.831. The Morgan fingerprint density at radius 1 is 1.22 bits per heavy atom. The minimum Gasteiger partial charge on any atom is -0.320 e. The van der Waals surface area contributed by atoms with Gasteiger partial charge in [0.25, 0.3) is 0 Å². The van der Waals surface area contributed by atoms with Crippen molar-refractivity contribution in [1.29, 1.82) is 0 Å². The lowest BCUT2D eigenvalue weighted by atomic mass is 10.1. The number of rotatable bonds is 4. The van der Waals surface area contributed by atoms with Gasteiger partial charge in [-0.2, -0.15) is 4.68 Å². The second kappa shape index (κ2) is 7.87. The van der Waals surface area contributed by atoms with Gasteiger partial charge in [-0.25, -0.2) is 13.2 Å². The van der Waals surface area contributed by atoms with Gasteiger partial charge in [0.05, 0.1) is 6.26 Å². The van der Waals surface area contributed by atoms with E-state index >= 15 is 0 Å². The number of carbonyl (C=O) groups is 1. The van der Waals surface area contributed by atoms with Crippen LogP contribution in [0.25, 0.3) is 0 Å². The van der Waals surface area contributed by atoms with E-state index in [9.17, 15) is 13.2 Å². The van der Waals surface area contributed by atoms with Gasteiger partial charge < -0.3 is 4.90 Å². The van der Waals surface area contributed by atoms with Crippen molar-refractivity contribution in [2.75, 3.05) is 37.2 Å². The van der Waals surface area contributed by atoms with E-state index in [1.165, 1.54) is 17.8 Å². The first-order valence-electron chi connectivity index (χ1n) is 8.51. The van der Waals surface area contributed by atoms with Crippen LogP contribution in [-0.2, 0) is 16.6 Å². The summed E-state index contributed by atoms with van der Waals surface area (Å²) in [6.07, 6.45) is 2.49. The van der Waals surface area contributed by atoms with Gasteiger partial charge in [-0.3, -0.25) is 9.62 Å². The highest BCUT2D eigenvalue weighted by Gasteiger charge is 2.23. The van der Waals surface area contributed by atoms with Crippen molar-refractivity contribution in [2.24, 2.45) is 0 Å². The highest BCUT2D eigenvalue weighted by atomic mass is 35.5. The second-order valence-corrected chi connectivity index (χ2v) is 8.80. The van der Waals surface area contributed by atoms with Crippen LogP contribution < -0.4 is 4.72 Å². The van der Waals surface area contributed by atoms with E-state index in [1.807, 2.05) is 19.1 Å². The Bertz CT molecular complexity index is 936. The molecular formula is C17H22ClN5O3S. The summed E-state index contributed by atoms with van der Waals surface area (Å²) in [5.74, 6) is 0.127. The number of amides is 1. The van der Waals surface area contributed by atoms with Gasteiger partial charge in [-0.1, -0.05) is 23.7 Å². The fourth-order valence-electron chi connectivity index (χ4n) is 2.98. The number of nitrogens with zero attached hydrogens (tertiary/aromatic N) is 4. The molecule has 146 valence electrons. The van der Waals surface area contributed by atoms with E-state index in [0.717, 1.165) is 41.2 Å². The van der Waals surface area contributed by atoms with Crippen LogP contribution in [0.1, 0.15) is 11.1 Å². The molecule has 0 saturated carbocycles. The van der Waals surface area contributed by atoms with E-state index in [4.69, 9.17) is 11.6 Å². The van der Waals surface area contributed by atoms with Crippen LogP contribution in [0.4, 0.5) is 10.6 Å². The first-order valence-corrected chi connectivity index (χ1v) is 10.8. The zero-order valence-corrected chi connectivity index (χ0v) is 16.8. The third-order valence-corrected chi connectivity index (χ3v) is 5.35. The number of hydrogen-bond acceptors (Lipinski definition) is 5. The van der Waals surface area contributed by atoms with Crippen LogP contribution >= 0.6 is 11.6 Å². The monoisotopic (exact) mass is 411 g/mol. The predicted octanol–water partition coefficient (Wildman–Crippen LogP) is 2.00. The number of piperazine rings is 1. The molecule has 3 rings (SSSR count). The molecule has 0 radical (unpaired) electrons. The van der Waals surface area contributed by atoms with E-state index in [2.05, 4.69) is 20.8 Å². The second-order valence-electron chi connectivity index (χ2n) is 6.65. The molecule has 2 aromatic rings. The van der Waals surface area contributed by atoms with Gasteiger partial charge in [-0.15, -0.1) is 5.10 Å². The molecule has 27 heavy (non-hydrogen) atoms. The molecule has 0 bridgehead atoms. The largest absolute Gasteiger partial charge is 0.344 e. The highest BCUT2D eigenvalue weighted by Crippen LogP contribution is 2.18. The van der Waals surface area contributed by atoms with Crippen molar-refractivity contribution in [3.63, 3.8) is 0 Å². The molecular weight excluding hydrogens is 390 g/mol. The SMILES string of the molecule is Cc1cc(CN2CCN(C(=O)n3ccc(NS(C)(=O)=O)n3)CC2)ccc1Cl. The number of hydrogen-bond donors (Lipinski definition) is 1. The minimum atomic E-state index is -3.42. The molecule has 1 fully saturated rings. The fourth-order valence-corrected chi connectivity index (χ4v) is 3.59. The van der Waals surface area contributed by atoms with E-state index < -0.39 is 10.0 Å². The summed E-state index contributed by atoms with van der Waals surface area (Å²) in [7, 11) is -3.42. The lowest BCUT2D eigenvalue weighted by Gasteiger charge is -2.34. The molecule has 1 N–H and O–H groups in total. The maximum Gasteiger partial charge on any atom is 0.344 e. The lowest BCUT2D eigenvalue weighted by Crippen LogP contribution is -2.49. The molecule has 1 aliphatic heterocycles. The Morgan fingerprint density at radius 3 is 2.56 bits per heavy atom. The molecule has 0 aliphatic carbocycles. The van der Waals surface area contributed by atoms with Crippen LogP contribution in [0, 0.1) is 6.92 Å². The third kappa shape index (κ3) is 5.21. The number of halogens is 1. The Kier molecular flexibility index (Phi) is 5.73. The van der Waals surface area contributed by atoms with Crippen LogP contribution in [0.15, 0.2) is 30.5 Å². The molecule has 1 amide bonds. The fraction of sp³-hybridized carbons (Fsp3) is 0.412. The molecule has 1 aliphatic rings. The average molecular weight is 412 g/mol. The van der Waals surface area contributed by atoms with Crippen LogP contribution in [0.5, 0.6) is 0 Å². The first-order chi connectivity index (χ1) is 12.7. The normalized spacial score (nSPS) is 15.7. The van der Waals surface area contributed by atoms with Gasteiger partial charge in [0, 0.05) is 50.0 Å². The van der Waals surface area contributed by atoms with Gasteiger partial charge in [0.1, 0.15) is 0 Å². The molecule has 8 nitrogen and oxygen atoms in total. The van der Waals surface area contributed by atoms with Crippen molar-refractivity contribution in [1.82, 2.24) is 19.6 Å². The summed E-state index contributed by atoms with van der Waals surface area (Å²) in [5, 5.41) is 4.75. The summed E-state index contributed by atoms with van der Waals surface area (Å²) < 4.78 is 25.9. The van der Waals surface area contributed by atoms with Crippen molar-refractivity contribution in [2.45, 2.75) is 13.5 Å². The summed E-state index contributed by atoms with van der Waals surface area (Å²) in [6, 6.07) is 7.20. The molecule has 0 spiro atoms. The van der Waals surface area contributed by atoms with Crippen molar-refractivity contribution >= 4 is 33.5 Å². The molecule has 10 heteroatoms. The summed E-state index contributed by atoms with van der Waals surface area (Å²) in [6.45, 7) is 5.47. The third-order valence-electron chi connectivity index (χ3n) is 4.35. The lowest BCUT2D eigenvalue weighted by molar-refractivity contribution is 0.134. The predicted molar refractivity (Wildman–Crippen MR) is 105 cm³/mol. The van der Waals surface area contributed by atoms with Gasteiger partial charge >= 0.3 is 6.03 Å². The van der Waals surface area contributed by atoms with E-state index in [0.29, 0.717) is 13.1 Å². The topological polar surface area (TPSA) is 87.5 Å². The van der Waals surface area contributed by atoms with Crippen LogP contribution in [-0.4, -0.2) is 66.5 Å². The van der Waals surface area contributed by atoms with Gasteiger partial charge in [-0.05, 0) is 24.1 Å². The van der Waals surface area contributed by atoms with Crippen LogP contribution in [0.3, 0.4) is 0 Å². The number of sulfonamides is 1. The van der Waals surface area contributed by atoms with Crippen molar-refractivity contribution in [3.05, 3.63) is 46.6 Å². The standard InChI is InChI=1S/C17H22ClN5O3S/c1-13-11-14(3-4-15(13)18)12-21-7-9-22(10-8-21)17(24)23-6-5-16(19-23)20-27(2,25)26/h3-6,11H,7-10,12H2,1-2H3,(H,19,20). The van der Waals surface area contributed by atoms with Crippen molar-refractivity contribution < 1.29 is 13.2 Å². The van der Waals surface area contributed by atoms with E-state index in [-0.39, 0.29) is 11.8 Å². The number of benzene rings is 1. The Hall–Kier alpha value is -2.10. The molecule has 1 aromatic carbocycles. The number of aryl methyl sites for hydroxylation is 1. The first kappa shape index (κ1) is 19.7. The van der Waals surface area contributed by atoms with Crippen molar-refractivity contribution in [3.8, 4) is 0 Å². The molecule has 2 heterocycles. The number of aromatic nitrogens is 2. The Morgan fingerprint density at radius 2 is 1.93 bits per heavy atom. The number of nitrogens with one attached hydrogen (secondary N) is 1. The van der Waals surface area contributed by atoms with Gasteiger partial charge in [0.2, 0.25) is 10.0 Å². The smallest absolute Gasteiger partial charge is 0.320 e. The molecule has 1 saturated heterocycles. The molecule has 1 aromatic heterocycles. The Labute approximate surface area is 163 Å². The summed E-state index contributed by atoms with van der Waals surface area (Å²) >= 11 is 6.07. The van der Waals surface area contributed by atoms with E-state index in [1.54, 1.807) is 4.90 Å². The maximum atomic E-state index is 12.5. The number of carbonyl (C=O) groups excluding carboxylic acids is 1. The average Bonchev–Trinajstić information content (AvgIpc) is 3.05. The van der Waals surface area contributed by atoms with Crippen LogP contribution in [0.2, 0.25) is 5.02 Å². The number of anilines is 1. The Balaban J connectivity index is 1.55. The minimum absolute atomic E-state index is 0.127. The summed E-state index contributed by atoms with van der Waals surface area (Å²) in [4.78, 5) is 16.5. The van der Waals surface area contributed by atoms with Gasteiger partial charge in [0.15, 0.2) is 5.82 Å².